The minimum absolute atomic E-state index is 0.178. The number of hydrogen-bond donors (Lipinski definition) is 2. The molecule has 4 heterocycles. The Morgan fingerprint density at radius 3 is 2.42 bits per heavy atom. The van der Waals surface area contributed by atoms with Gasteiger partial charge in [0.1, 0.15) is 0 Å². The van der Waals surface area contributed by atoms with Crippen molar-refractivity contribution in [2.24, 2.45) is 0 Å². The molecular formula is C20H18F3N9O. The van der Waals surface area contributed by atoms with Crippen LogP contribution in [0.3, 0.4) is 0 Å². The number of carbonyl (C=O) groups is 1. The molecule has 0 saturated carbocycles. The summed E-state index contributed by atoms with van der Waals surface area (Å²) in [5.74, 6) is -0.626. The lowest BCUT2D eigenvalue weighted by molar-refractivity contribution is -0.143. The SMILES string of the molecule is CNc1cc(NC(=O)c2cnn(-c3ccnc(C)c3C)c2C(F)(F)F)cnc1-n1nccn1. The van der Waals surface area contributed by atoms with Crippen molar-refractivity contribution in [2.75, 3.05) is 17.7 Å². The molecule has 4 aromatic heterocycles. The number of nitrogens with zero attached hydrogens (tertiary/aromatic N) is 7. The van der Waals surface area contributed by atoms with Crippen LogP contribution in [0.4, 0.5) is 24.5 Å². The van der Waals surface area contributed by atoms with Gasteiger partial charge in [-0.2, -0.15) is 28.5 Å². The summed E-state index contributed by atoms with van der Waals surface area (Å²) in [7, 11) is 1.63. The number of rotatable bonds is 5. The van der Waals surface area contributed by atoms with Gasteiger partial charge in [-0.3, -0.25) is 9.78 Å². The summed E-state index contributed by atoms with van der Waals surface area (Å²) >= 11 is 0. The number of hydrogen-bond acceptors (Lipinski definition) is 7. The van der Waals surface area contributed by atoms with Crippen molar-refractivity contribution < 1.29 is 18.0 Å². The number of amides is 1. The molecule has 2 N–H and O–H groups in total. The monoisotopic (exact) mass is 457 g/mol. The lowest BCUT2D eigenvalue weighted by Crippen LogP contribution is -2.21. The van der Waals surface area contributed by atoms with Crippen molar-refractivity contribution in [1.29, 1.82) is 0 Å². The van der Waals surface area contributed by atoms with Crippen molar-refractivity contribution >= 4 is 17.3 Å². The van der Waals surface area contributed by atoms with Crippen LogP contribution in [-0.2, 0) is 6.18 Å². The third-order valence-electron chi connectivity index (χ3n) is 4.94. The van der Waals surface area contributed by atoms with Gasteiger partial charge >= 0.3 is 6.18 Å². The molecule has 10 nitrogen and oxygen atoms in total. The molecule has 0 atom stereocenters. The Hall–Kier alpha value is -4.29. The van der Waals surface area contributed by atoms with Crippen LogP contribution in [0.25, 0.3) is 11.5 Å². The van der Waals surface area contributed by atoms with Gasteiger partial charge in [0.25, 0.3) is 5.91 Å². The molecule has 4 aromatic rings. The van der Waals surface area contributed by atoms with E-state index >= 15 is 0 Å². The summed E-state index contributed by atoms with van der Waals surface area (Å²) in [6, 6.07) is 2.93. The highest BCUT2D eigenvalue weighted by atomic mass is 19.4. The average Bonchev–Trinajstić information content (AvgIpc) is 3.45. The molecular weight excluding hydrogens is 439 g/mol. The summed E-state index contributed by atoms with van der Waals surface area (Å²) < 4.78 is 42.7. The number of pyridine rings is 2. The van der Waals surface area contributed by atoms with Gasteiger partial charge in [0.05, 0.1) is 47.4 Å². The van der Waals surface area contributed by atoms with Crippen LogP contribution in [0.2, 0.25) is 0 Å². The molecule has 0 aliphatic rings. The Kier molecular flexibility index (Phi) is 5.54. The number of alkyl halides is 3. The van der Waals surface area contributed by atoms with E-state index < -0.39 is 23.3 Å². The number of carbonyl (C=O) groups excluding carboxylic acids is 1. The molecule has 170 valence electrons. The predicted octanol–water partition coefficient (Wildman–Crippen LogP) is 3.17. The Bertz CT molecular complexity index is 1310. The lowest BCUT2D eigenvalue weighted by Gasteiger charge is -2.15. The summed E-state index contributed by atoms with van der Waals surface area (Å²) in [6.07, 6.45) is 1.68. The van der Waals surface area contributed by atoms with Gasteiger partial charge in [0.15, 0.2) is 11.5 Å². The normalized spacial score (nSPS) is 11.5. The molecule has 0 spiro atoms. The second-order valence-electron chi connectivity index (χ2n) is 6.97. The minimum atomic E-state index is -4.84. The van der Waals surface area contributed by atoms with Gasteiger partial charge in [-0.1, -0.05) is 0 Å². The summed E-state index contributed by atoms with van der Waals surface area (Å²) in [4.78, 5) is 22.4. The first-order valence-corrected chi connectivity index (χ1v) is 9.64. The molecule has 0 radical (unpaired) electrons. The average molecular weight is 457 g/mol. The van der Waals surface area contributed by atoms with E-state index in [9.17, 15) is 18.0 Å². The molecule has 33 heavy (non-hydrogen) atoms. The molecule has 0 unspecified atom stereocenters. The van der Waals surface area contributed by atoms with Crippen molar-refractivity contribution in [3.63, 3.8) is 0 Å². The smallest absolute Gasteiger partial charge is 0.385 e. The molecule has 0 bridgehead atoms. The molecule has 0 saturated heterocycles. The Balaban J connectivity index is 1.71. The maximum Gasteiger partial charge on any atom is 0.434 e. The maximum atomic E-state index is 14.0. The number of nitrogens with one attached hydrogen (secondary N) is 2. The summed E-state index contributed by atoms with van der Waals surface area (Å²) in [5, 5.41) is 17.2. The molecule has 4 rings (SSSR count). The molecule has 0 aromatic carbocycles. The highest BCUT2D eigenvalue weighted by molar-refractivity contribution is 6.05. The third kappa shape index (κ3) is 4.12. The number of aromatic nitrogens is 7. The van der Waals surface area contributed by atoms with Crippen LogP contribution in [0.5, 0.6) is 0 Å². The van der Waals surface area contributed by atoms with Crippen LogP contribution < -0.4 is 10.6 Å². The van der Waals surface area contributed by atoms with Crippen molar-refractivity contribution in [2.45, 2.75) is 20.0 Å². The van der Waals surface area contributed by atoms with Gasteiger partial charge < -0.3 is 10.6 Å². The van der Waals surface area contributed by atoms with Gasteiger partial charge in [-0.05, 0) is 31.5 Å². The zero-order valence-corrected chi connectivity index (χ0v) is 17.7. The standard InChI is InChI=1S/C20H18F3N9O/c1-11-12(2)25-5-4-16(11)31-17(20(21,22)23)14(10-29-31)19(33)30-13-8-15(24-3)18(26-9-13)32-27-6-7-28-32/h4-10,24H,1-3H3,(H,30,33). The minimum Gasteiger partial charge on any atom is -0.385 e. The summed E-state index contributed by atoms with van der Waals surface area (Å²) in [5.41, 5.74) is 0.0797. The van der Waals surface area contributed by atoms with E-state index in [1.165, 1.54) is 41.7 Å². The second kappa shape index (κ2) is 8.33. The highest BCUT2D eigenvalue weighted by Gasteiger charge is 2.41. The largest absolute Gasteiger partial charge is 0.434 e. The summed E-state index contributed by atoms with van der Waals surface area (Å²) in [6.45, 7) is 3.32. The van der Waals surface area contributed by atoms with Gasteiger partial charge in [-0.25, -0.2) is 9.67 Å². The van der Waals surface area contributed by atoms with E-state index in [4.69, 9.17) is 0 Å². The first kappa shape index (κ1) is 21.9. The van der Waals surface area contributed by atoms with Crippen molar-refractivity contribution in [3.05, 3.63) is 65.6 Å². The van der Waals surface area contributed by atoms with Crippen LogP contribution in [0.15, 0.2) is 43.1 Å². The van der Waals surface area contributed by atoms with E-state index in [-0.39, 0.29) is 11.4 Å². The Morgan fingerprint density at radius 1 is 1.03 bits per heavy atom. The van der Waals surface area contributed by atoms with Gasteiger partial charge in [0, 0.05) is 18.9 Å². The zero-order valence-electron chi connectivity index (χ0n) is 17.7. The first-order chi connectivity index (χ1) is 15.7. The fraction of sp³-hybridized carbons (Fsp3) is 0.200. The van der Waals surface area contributed by atoms with Gasteiger partial charge in [-0.15, -0.1) is 4.80 Å². The first-order valence-electron chi connectivity index (χ1n) is 9.64. The van der Waals surface area contributed by atoms with E-state index in [1.54, 1.807) is 20.9 Å². The third-order valence-corrected chi connectivity index (χ3v) is 4.94. The number of anilines is 2. The quantitative estimate of drug-likeness (QED) is 0.473. The van der Waals surface area contributed by atoms with E-state index in [0.717, 1.165) is 6.20 Å². The lowest BCUT2D eigenvalue weighted by atomic mass is 10.1. The van der Waals surface area contributed by atoms with Crippen molar-refractivity contribution in [3.8, 4) is 11.5 Å². The van der Waals surface area contributed by atoms with E-state index in [2.05, 4.69) is 35.9 Å². The van der Waals surface area contributed by atoms with Gasteiger partial charge in [0.2, 0.25) is 0 Å². The highest BCUT2D eigenvalue weighted by Crippen LogP contribution is 2.35. The van der Waals surface area contributed by atoms with E-state index in [0.29, 0.717) is 27.4 Å². The molecule has 0 fully saturated rings. The molecule has 1 amide bonds. The number of halogens is 3. The van der Waals surface area contributed by atoms with Crippen LogP contribution in [-0.4, -0.2) is 47.7 Å². The van der Waals surface area contributed by atoms with Crippen LogP contribution in [0.1, 0.15) is 27.3 Å². The zero-order chi connectivity index (χ0) is 23.8. The molecule has 0 aliphatic heterocycles. The van der Waals surface area contributed by atoms with Crippen molar-refractivity contribution in [1.82, 2.24) is 34.7 Å². The molecule has 13 heteroatoms. The maximum absolute atomic E-state index is 14.0. The number of aryl methyl sites for hydroxylation is 1. The van der Waals surface area contributed by atoms with Crippen LogP contribution in [0, 0.1) is 13.8 Å². The second-order valence-corrected chi connectivity index (χ2v) is 6.97. The Labute approximate surface area is 185 Å². The van der Waals surface area contributed by atoms with Crippen LogP contribution >= 0.6 is 0 Å². The predicted molar refractivity (Wildman–Crippen MR) is 112 cm³/mol. The Morgan fingerprint density at radius 2 is 1.76 bits per heavy atom. The fourth-order valence-electron chi connectivity index (χ4n) is 3.22. The fourth-order valence-corrected chi connectivity index (χ4v) is 3.22. The molecule has 0 aliphatic carbocycles. The van der Waals surface area contributed by atoms with E-state index in [1.807, 2.05) is 0 Å². The topological polar surface area (TPSA) is 115 Å².